The number of amides is 1. The molecule has 0 saturated carbocycles. The first-order valence-electron chi connectivity index (χ1n) is 10.4. The van der Waals surface area contributed by atoms with Crippen LogP contribution in [0.3, 0.4) is 0 Å². The monoisotopic (exact) mass is 400 g/mol. The van der Waals surface area contributed by atoms with Gasteiger partial charge in [0.25, 0.3) is 0 Å². The molecule has 1 aromatic rings. The van der Waals surface area contributed by atoms with E-state index in [1.165, 1.54) is 11.1 Å². The normalized spacial score (nSPS) is 29.8. The minimum absolute atomic E-state index is 0.0248. The van der Waals surface area contributed by atoms with E-state index in [-0.39, 0.29) is 24.3 Å². The molecule has 1 aliphatic carbocycles. The molecule has 2 aliphatic heterocycles. The lowest BCUT2D eigenvalue weighted by atomic mass is 9.79. The van der Waals surface area contributed by atoms with Crippen LogP contribution in [0.4, 0.5) is 0 Å². The fourth-order valence-corrected chi connectivity index (χ4v) is 5.42. The van der Waals surface area contributed by atoms with Crippen LogP contribution in [0.5, 0.6) is 0 Å². The van der Waals surface area contributed by atoms with Gasteiger partial charge in [0, 0.05) is 24.4 Å². The lowest BCUT2D eigenvalue weighted by Crippen LogP contribution is -2.50. The summed E-state index contributed by atoms with van der Waals surface area (Å²) in [6.45, 7) is 1.06. The van der Waals surface area contributed by atoms with Crippen LogP contribution in [0.15, 0.2) is 24.3 Å². The molecule has 2 fully saturated rings. The first kappa shape index (κ1) is 19.7. The first-order chi connectivity index (χ1) is 13.6. The van der Waals surface area contributed by atoms with Crippen molar-refractivity contribution in [3.8, 4) is 0 Å². The number of nitrogens with one attached hydrogen (secondary N) is 1. The zero-order valence-electron chi connectivity index (χ0n) is 16.1. The van der Waals surface area contributed by atoms with Crippen LogP contribution < -0.4 is 5.32 Å². The molecule has 4 atom stereocenters. The molecule has 2 saturated heterocycles. The summed E-state index contributed by atoms with van der Waals surface area (Å²) < 4.78 is 0. The fourth-order valence-electron chi connectivity index (χ4n) is 5.07. The molecule has 3 aliphatic rings. The molecule has 5 nitrogen and oxygen atoms in total. The van der Waals surface area contributed by atoms with Gasteiger partial charge in [0.2, 0.25) is 5.91 Å². The number of aryl methyl sites for hydroxylation is 1. The molecular weight excluding hydrogens is 372 g/mol. The van der Waals surface area contributed by atoms with Crippen LogP contribution in [-0.4, -0.2) is 58.3 Å². The molecule has 150 valence electrons. The molecule has 28 heavy (non-hydrogen) atoms. The first-order valence-corrected chi connectivity index (χ1v) is 10.8. The van der Waals surface area contributed by atoms with Crippen molar-refractivity contribution in [1.29, 1.82) is 0 Å². The summed E-state index contributed by atoms with van der Waals surface area (Å²) in [7, 11) is 0. The van der Waals surface area contributed by atoms with E-state index in [1.807, 2.05) is 0 Å². The van der Waals surface area contributed by atoms with E-state index in [0.29, 0.717) is 30.3 Å². The largest absolute Gasteiger partial charge is 0.394 e. The van der Waals surface area contributed by atoms with Crippen molar-refractivity contribution in [1.82, 2.24) is 10.2 Å². The van der Waals surface area contributed by atoms with Gasteiger partial charge in [0.15, 0.2) is 0 Å². The molecule has 0 bridgehead atoms. The molecule has 1 aromatic carbocycles. The molecule has 6 heteroatoms. The van der Waals surface area contributed by atoms with Gasteiger partial charge in [0.05, 0.1) is 18.6 Å². The number of benzene rings is 1. The Morgan fingerprint density at radius 1 is 1.21 bits per heavy atom. The van der Waals surface area contributed by atoms with E-state index in [2.05, 4.69) is 29.6 Å². The fraction of sp³-hybridized carbons (Fsp3) is 0.591. The Morgan fingerprint density at radius 2 is 2.00 bits per heavy atom. The summed E-state index contributed by atoms with van der Waals surface area (Å²) in [5.74, 6) is -0.181. The maximum atomic E-state index is 13.2. The highest BCUT2D eigenvalue weighted by Crippen LogP contribution is 2.30. The number of rotatable bonds is 5. The van der Waals surface area contributed by atoms with Gasteiger partial charge >= 0.3 is 0 Å². The summed E-state index contributed by atoms with van der Waals surface area (Å²) in [4.78, 5) is 28.6. The number of aliphatic hydroxyl groups excluding tert-OH is 1. The Hall–Kier alpha value is -1.63. The highest BCUT2D eigenvalue weighted by atomic mass is 32.1. The van der Waals surface area contributed by atoms with E-state index in [4.69, 9.17) is 12.2 Å². The van der Waals surface area contributed by atoms with Crippen LogP contribution >= 0.6 is 12.2 Å². The second-order valence-electron chi connectivity index (χ2n) is 8.36. The third-order valence-electron chi connectivity index (χ3n) is 6.60. The van der Waals surface area contributed by atoms with Crippen LogP contribution in [0, 0.1) is 11.8 Å². The van der Waals surface area contributed by atoms with Crippen molar-refractivity contribution in [2.45, 2.75) is 50.6 Å². The second-order valence-corrected chi connectivity index (χ2v) is 8.89. The maximum absolute atomic E-state index is 13.2. The van der Waals surface area contributed by atoms with Crippen LogP contribution in [0.2, 0.25) is 0 Å². The lowest BCUT2D eigenvalue weighted by molar-refractivity contribution is -0.138. The summed E-state index contributed by atoms with van der Waals surface area (Å²) >= 11 is 5.47. The van der Waals surface area contributed by atoms with Crippen LogP contribution in [0.25, 0.3) is 0 Å². The van der Waals surface area contributed by atoms with E-state index in [1.54, 1.807) is 4.90 Å². The summed E-state index contributed by atoms with van der Waals surface area (Å²) in [5.41, 5.74) is 2.73. The average Bonchev–Trinajstić information content (AvgIpc) is 3.33. The number of aliphatic hydroxyl groups is 1. The van der Waals surface area contributed by atoms with E-state index in [9.17, 15) is 14.7 Å². The third-order valence-corrected chi connectivity index (χ3v) is 7.00. The summed E-state index contributed by atoms with van der Waals surface area (Å²) in [6.07, 6.45) is 5.14. The number of likely N-dealkylation sites (tertiary alicyclic amines) is 1. The number of hydrogen-bond donors (Lipinski definition) is 2. The number of hydrogen-bond acceptors (Lipinski definition) is 5. The molecule has 0 radical (unpaired) electrons. The number of fused-ring (bicyclic) bond motifs is 1. The Labute approximate surface area is 171 Å². The Balaban J connectivity index is 1.43. The standard InChI is InChI=1S/C22H28N2O3S/c25-13-17-6-3-9-24(17)22(27)21-20(19(28)12-23-21)18(26)11-14-7-8-15-4-1-2-5-16(15)10-14/h1-2,4-5,14,17,20-21,23,25H,3,6-13H2/t14?,17-,20?,21-/m0/s1. The Morgan fingerprint density at radius 3 is 2.79 bits per heavy atom. The molecule has 4 rings (SSSR count). The third kappa shape index (κ3) is 3.78. The van der Waals surface area contributed by atoms with Gasteiger partial charge < -0.3 is 15.3 Å². The average molecular weight is 401 g/mol. The van der Waals surface area contributed by atoms with Crippen molar-refractivity contribution in [2.24, 2.45) is 11.8 Å². The van der Waals surface area contributed by atoms with Gasteiger partial charge in [-0.1, -0.05) is 36.5 Å². The van der Waals surface area contributed by atoms with Gasteiger partial charge in [-0.25, -0.2) is 0 Å². The molecule has 0 spiro atoms. The van der Waals surface area contributed by atoms with Crippen LogP contribution in [0.1, 0.15) is 36.8 Å². The summed E-state index contributed by atoms with van der Waals surface area (Å²) in [5, 5.41) is 12.7. The minimum Gasteiger partial charge on any atom is -0.394 e. The minimum atomic E-state index is -0.567. The van der Waals surface area contributed by atoms with Crippen molar-refractivity contribution in [2.75, 3.05) is 19.7 Å². The van der Waals surface area contributed by atoms with Crippen molar-refractivity contribution < 1.29 is 14.7 Å². The number of ketones is 1. The molecule has 2 unspecified atom stereocenters. The van der Waals surface area contributed by atoms with Crippen molar-refractivity contribution in [3.63, 3.8) is 0 Å². The van der Waals surface area contributed by atoms with Crippen molar-refractivity contribution in [3.05, 3.63) is 35.4 Å². The van der Waals surface area contributed by atoms with Gasteiger partial charge in [-0.15, -0.1) is 0 Å². The quantitative estimate of drug-likeness (QED) is 0.736. The number of thiocarbonyl (C=S) groups is 1. The molecule has 0 aromatic heterocycles. The van der Waals surface area contributed by atoms with Gasteiger partial charge in [-0.05, 0) is 49.1 Å². The van der Waals surface area contributed by atoms with E-state index >= 15 is 0 Å². The predicted octanol–water partition coefficient (Wildman–Crippen LogP) is 1.69. The zero-order chi connectivity index (χ0) is 19.7. The molecule has 2 heterocycles. The zero-order valence-corrected chi connectivity index (χ0v) is 16.9. The van der Waals surface area contributed by atoms with E-state index < -0.39 is 12.0 Å². The van der Waals surface area contributed by atoms with E-state index in [0.717, 1.165) is 32.1 Å². The number of carbonyl (C=O) groups excluding carboxylic acids is 2. The van der Waals surface area contributed by atoms with Crippen LogP contribution in [-0.2, 0) is 22.4 Å². The summed E-state index contributed by atoms with van der Waals surface area (Å²) in [6, 6.07) is 7.76. The number of nitrogens with zero attached hydrogens (tertiary/aromatic N) is 1. The lowest BCUT2D eigenvalue weighted by Gasteiger charge is -2.29. The van der Waals surface area contributed by atoms with Gasteiger partial charge in [-0.2, -0.15) is 0 Å². The van der Waals surface area contributed by atoms with Crippen molar-refractivity contribution >= 4 is 28.8 Å². The Bertz CT molecular complexity index is 781. The molecular formula is C22H28N2O3S. The SMILES string of the molecule is O=C(CC1CCc2ccccc2C1)C1C(=S)CN[C@@H]1C(=O)N1CCC[C@H]1CO. The number of Topliss-reactive ketones (excluding diaryl/α,β-unsaturated/α-hetero) is 1. The smallest absolute Gasteiger partial charge is 0.241 e. The molecule has 1 amide bonds. The topological polar surface area (TPSA) is 69.6 Å². The van der Waals surface area contributed by atoms with Gasteiger partial charge in [-0.3, -0.25) is 9.59 Å². The highest BCUT2D eigenvalue weighted by Gasteiger charge is 2.44. The maximum Gasteiger partial charge on any atom is 0.241 e. The highest BCUT2D eigenvalue weighted by molar-refractivity contribution is 7.80. The van der Waals surface area contributed by atoms with Gasteiger partial charge in [0.1, 0.15) is 11.8 Å². The predicted molar refractivity (Wildman–Crippen MR) is 111 cm³/mol. The molecule has 2 N–H and O–H groups in total. The number of carbonyl (C=O) groups is 2. The Kier molecular flexibility index (Phi) is 5.90. The second kappa shape index (κ2) is 8.39.